The Balaban J connectivity index is 2.36. The minimum atomic E-state index is 0.200. The van der Waals surface area contributed by atoms with E-state index in [1.807, 2.05) is 12.3 Å². The van der Waals surface area contributed by atoms with Gasteiger partial charge in [0.05, 0.1) is 0 Å². The van der Waals surface area contributed by atoms with E-state index in [1.165, 1.54) is 11.1 Å². The van der Waals surface area contributed by atoms with Gasteiger partial charge in [-0.25, -0.2) is 0 Å². The molecule has 0 aliphatic heterocycles. The quantitative estimate of drug-likeness (QED) is 0.632. The van der Waals surface area contributed by atoms with Crippen molar-refractivity contribution in [1.82, 2.24) is 4.98 Å². The Morgan fingerprint density at radius 1 is 1.31 bits per heavy atom. The molecular formula is C12H13N. The summed E-state index contributed by atoms with van der Waals surface area (Å²) in [6.45, 7) is 4.40. The Morgan fingerprint density at radius 3 is 2.69 bits per heavy atom. The number of pyridine rings is 1. The standard InChI is InChI=1S/C12H13N/c1-12(2)6-5-10(8-12)11-4-3-7-13-9-11/h3-9H,1-2H3. The summed E-state index contributed by atoms with van der Waals surface area (Å²) in [4.78, 5) is 4.10. The smallest absolute Gasteiger partial charge is 0.0346 e. The van der Waals surface area contributed by atoms with E-state index in [0.717, 1.165) is 0 Å². The molecule has 1 heterocycles. The molecule has 1 aromatic heterocycles. The molecule has 1 aliphatic rings. The molecular weight excluding hydrogens is 158 g/mol. The highest BCUT2D eigenvalue weighted by Gasteiger charge is 2.17. The van der Waals surface area contributed by atoms with Gasteiger partial charge in [0, 0.05) is 17.8 Å². The lowest BCUT2D eigenvalue weighted by Crippen LogP contribution is -1.97. The molecule has 1 nitrogen and oxygen atoms in total. The van der Waals surface area contributed by atoms with E-state index in [4.69, 9.17) is 0 Å². The summed E-state index contributed by atoms with van der Waals surface area (Å²) < 4.78 is 0. The molecule has 0 atom stereocenters. The number of rotatable bonds is 1. The topological polar surface area (TPSA) is 12.9 Å². The van der Waals surface area contributed by atoms with Crippen LogP contribution in [0.4, 0.5) is 0 Å². The predicted octanol–water partition coefficient (Wildman–Crippen LogP) is 3.06. The molecule has 0 radical (unpaired) electrons. The van der Waals surface area contributed by atoms with Gasteiger partial charge in [0.25, 0.3) is 0 Å². The van der Waals surface area contributed by atoms with Gasteiger partial charge < -0.3 is 0 Å². The zero-order valence-electron chi connectivity index (χ0n) is 7.99. The third kappa shape index (κ3) is 1.69. The average molecular weight is 171 g/mol. The van der Waals surface area contributed by atoms with Gasteiger partial charge in [0.2, 0.25) is 0 Å². The monoisotopic (exact) mass is 171 g/mol. The van der Waals surface area contributed by atoms with E-state index in [0.29, 0.717) is 0 Å². The molecule has 1 aliphatic carbocycles. The Kier molecular flexibility index (Phi) is 1.80. The summed E-state index contributed by atoms with van der Waals surface area (Å²) in [6, 6.07) is 4.06. The van der Waals surface area contributed by atoms with E-state index >= 15 is 0 Å². The minimum absolute atomic E-state index is 0.200. The highest BCUT2D eigenvalue weighted by atomic mass is 14.6. The highest BCUT2D eigenvalue weighted by Crippen LogP contribution is 2.32. The van der Waals surface area contributed by atoms with E-state index in [2.05, 4.69) is 43.1 Å². The SMILES string of the molecule is CC1(C)C=CC(c2cccnc2)=C1. The number of aromatic nitrogens is 1. The number of allylic oxidation sites excluding steroid dienone is 4. The summed E-state index contributed by atoms with van der Waals surface area (Å²) in [5, 5.41) is 0. The van der Waals surface area contributed by atoms with Gasteiger partial charge in [-0.05, 0) is 17.2 Å². The summed E-state index contributed by atoms with van der Waals surface area (Å²) in [5.74, 6) is 0. The van der Waals surface area contributed by atoms with Gasteiger partial charge in [-0.2, -0.15) is 0 Å². The Labute approximate surface area is 78.8 Å². The van der Waals surface area contributed by atoms with Crippen LogP contribution >= 0.6 is 0 Å². The fourth-order valence-electron chi connectivity index (χ4n) is 1.51. The fraction of sp³-hybridized carbons (Fsp3) is 0.250. The molecule has 0 spiro atoms. The van der Waals surface area contributed by atoms with E-state index in [1.54, 1.807) is 6.20 Å². The summed E-state index contributed by atoms with van der Waals surface area (Å²) in [6.07, 6.45) is 10.3. The molecule has 66 valence electrons. The second-order valence-electron chi connectivity index (χ2n) is 4.00. The zero-order chi connectivity index (χ0) is 9.31. The second kappa shape index (κ2) is 2.84. The molecule has 13 heavy (non-hydrogen) atoms. The molecule has 0 amide bonds. The van der Waals surface area contributed by atoms with Crippen LogP contribution in [0.3, 0.4) is 0 Å². The van der Waals surface area contributed by atoms with Gasteiger partial charge >= 0.3 is 0 Å². The normalized spacial score (nSPS) is 18.8. The molecule has 0 aromatic carbocycles. The molecule has 1 aromatic rings. The maximum absolute atomic E-state index is 4.10. The van der Waals surface area contributed by atoms with Gasteiger partial charge in [0.1, 0.15) is 0 Å². The molecule has 0 bridgehead atoms. The van der Waals surface area contributed by atoms with Crippen LogP contribution in [0, 0.1) is 5.41 Å². The third-order valence-corrected chi connectivity index (χ3v) is 2.21. The molecule has 2 rings (SSSR count). The van der Waals surface area contributed by atoms with Crippen LogP contribution in [0.1, 0.15) is 19.4 Å². The van der Waals surface area contributed by atoms with Gasteiger partial charge in [-0.1, -0.05) is 38.1 Å². The van der Waals surface area contributed by atoms with E-state index < -0.39 is 0 Å². The molecule has 0 fully saturated rings. The van der Waals surface area contributed by atoms with Crippen molar-refractivity contribution in [3.05, 3.63) is 48.3 Å². The number of hydrogen-bond acceptors (Lipinski definition) is 1. The molecule has 0 N–H and O–H groups in total. The van der Waals surface area contributed by atoms with E-state index in [9.17, 15) is 0 Å². The van der Waals surface area contributed by atoms with Crippen molar-refractivity contribution in [2.45, 2.75) is 13.8 Å². The highest BCUT2D eigenvalue weighted by molar-refractivity contribution is 5.77. The van der Waals surface area contributed by atoms with Crippen molar-refractivity contribution in [2.24, 2.45) is 5.41 Å². The predicted molar refractivity (Wildman–Crippen MR) is 55.1 cm³/mol. The van der Waals surface area contributed by atoms with Crippen molar-refractivity contribution in [2.75, 3.05) is 0 Å². The number of hydrogen-bond donors (Lipinski definition) is 0. The van der Waals surface area contributed by atoms with Crippen LogP contribution in [-0.4, -0.2) is 4.98 Å². The molecule has 0 saturated carbocycles. The maximum Gasteiger partial charge on any atom is 0.0346 e. The largest absolute Gasteiger partial charge is 0.264 e. The first kappa shape index (κ1) is 8.24. The Morgan fingerprint density at radius 2 is 2.15 bits per heavy atom. The summed E-state index contributed by atoms with van der Waals surface area (Å²) >= 11 is 0. The van der Waals surface area contributed by atoms with Gasteiger partial charge in [0.15, 0.2) is 0 Å². The maximum atomic E-state index is 4.10. The van der Waals surface area contributed by atoms with Crippen molar-refractivity contribution in [3.8, 4) is 0 Å². The van der Waals surface area contributed by atoms with Crippen molar-refractivity contribution >= 4 is 5.57 Å². The minimum Gasteiger partial charge on any atom is -0.264 e. The van der Waals surface area contributed by atoms with Gasteiger partial charge in [-0.15, -0.1) is 0 Å². The van der Waals surface area contributed by atoms with Crippen molar-refractivity contribution < 1.29 is 0 Å². The average Bonchev–Trinajstić information content (AvgIpc) is 2.48. The first-order valence-corrected chi connectivity index (χ1v) is 4.50. The molecule has 0 unspecified atom stereocenters. The van der Waals surface area contributed by atoms with Crippen molar-refractivity contribution in [1.29, 1.82) is 0 Å². The van der Waals surface area contributed by atoms with E-state index in [-0.39, 0.29) is 5.41 Å². The zero-order valence-corrected chi connectivity index (χ0v) is 7.99. The van der Waals surface area contributed by atoms with Crippen LogP contribution in [0.15, 0.2) is 42.8 Å². The lowest BCUT2D eigenvalue weighted by molar-refractivity contribution is 0.637. The third-order valence-electron chi connectivity index (χ3n) is 2.21. The Hall–Kier alpha value is -1.37. The van der Waals surface area contributed by atoms with Crippen LogP contribution in [-0.2, 0) is 0 Å². The van der Waals surface area contributed by atoms with Crippen molar-refractivity contribution in [3.63, 3.8) is 0 Å². The summed E-state index contributed by atoms with van der Waals surface area (Å²) in [7, 11) is 0. The van der Waals surface area contributed by atoms with Gasteiger partial charge in [-0.3, -0.25) is 4.98 Å². The molecule has 1 heteroatoms. The van der Waals surface area contributed by atoms with Crippen LogP contribution < -0.4 is 0 Å². The van der Waals surface area contributed by atoms with Crippen LogP contribution in [0.5, 0.6) is 0 Å². The fourth-order valence-corrected chi connectivity index (χ4v) is 1.51. The van der Waals surface area contributed by atoms with Crippen LogP contribution in [0.2, 0.25) is 0 Å². The Bertz CT molecular complexity index is 358. The number of nitrogens with zero attached hydrogens (tertiary/aromatic N) is 1. The lowest BCUT2D eigenvalue weighted by Gasteiger charge is -2.09. The first-order valence-electron chi connectivity index (χ1n) is 4.50. The first-order chi connectivity index (χ1) is 6.17. The van der Waals surface area contributed by atoms with Crippen LogP contribution in [0.25, 0.3) is 5.57 Å². The summed E-state index contributed by atoms with van der Waals surface area (Å²) in [5.41, 5.74) is 2.67. The molecule has 0 saturated heterocycles. The lowest BCUT2D eigenvalue weighted by atomic mass is 9.95. The second-order valence-corrected chi connectivity index (χ2v) is 4.00.